The van der Waals surface area contributed by atoms with Crippen LogP contribution in [0.1, 0.15) is 67.1 Å². The largest absolute Gasteiger partial charge is 0.496 e. The van der Waals surface area contributed by atoms with E-state index in [0.29, 0.717) is 17.0 Å². The molecule has 172 valence electrons. The quantitative estimate of drug-likeness (QED) is 0.407. The molecule has 0 saturated heterocycles. The summed E-state index contributed by atoms with van der Waals surface area (Å²) < 4.78 is 5.47. The summed E-state index contributed by atoms with van der Waals surface area (Å²) in [5, 5.41) is 7.49. The van der Waals surface area contributed by atoms with Crippen LogP contribution in [0.3, 0.4) is 0 Å². The van der Waals surface area contributed by atoms with Crippen molar-refractivity contribution < 1.29 is 14.3 Å². The molecular weight excluding hydrogens is 426 g/mol. The predicted octanol–water partition coefficient (Wildman–Crippen LogP) is 5.08. The second-order valence-corrected chi connectivity index (χ2v) is 8.94. The molecule has 0 aliphatic rings. The van der Waals surface area contributed by atoms with Crippen molar-refractivity contribution in [3.8, 4) is 5.75 Å². The van der Waals surface area contributed by atoms with Crippen molar-refractivity contribution >= 4 is 29.6 Å². The first-order valence-electron chi connectivity index (χ1n) is 10.7. The molecule has 1 atom stereocenters. The molecule has 0 aliphatic heterocycles. The number of carbonyl (C=O) groups is 2. The Balaban J connectivity index is 2.13. The molecule has 0 heterocycles. The number of hydrogen-bond acceptors (Lipinski definition) is 4. The van der Waals surface area contributed by atoms with Gasteiger partial charge in [-0.15, -0.1) is 0 Å². The summed E-state index contributed by atoms with van der Waals surface area (Å²) in [5.74, 6) is 0.621. The normalized spacial score (nSPS) is 12.3. The van der Waals surface area contributed by atoms with Crippen molar-refractivity contribution in [1.29, 1.82) is 0 Å². The number of methoxy groups -OCH3 is 1. The molecule has 7 heteroatoms. The molecule has 2 aromatic carbocycles. The second kappa shape index (κ2) is 11.7. The lowest BCUT2D eigenvalue weighted by Crippen LogP contribution is -2.46. The highest BCUT2D eigenvalue weighted by atomic mass is 35.5. The second-order valence-electron chi connectivity index (χ2n) is 8.50. The molecule has 2 rings (SSSR count). The van der Waals surface area contributed by atoms with Gasteiger partial charge >= 0.3 is 0 Å². The number of ether oxygens (including phenoxy) is 1. The Bertz CT molecular complexity index is 969. The molecule has 0 fully saturated rings. The van der Waals surface area contributed by atoms with Crippen molar-refractivity contribution in [1.82, 2.24) is 10.7 Å². The van der Waals surface area contributed by atoms with Gasteiger partial charge in [-0.3, -0.25) is 9.59 Å². The summed E-state index contributed by atoms with van der Waals surface area (Å²) in [6.07, 6.45) is 2.10. The maximum Gasteiger partial charge on any atom is 0.262 e. The Kier molecular flexibility index (Phi) is 9.27. The minimum atomic E-state index is -0.710. The first-order chi connectivity index (χ1) is 15.1. The number of carbonyl (C=O) groups excluding carboxylic acids is 2. The third-order valence-electron chi connectivity index (χ3n) is 5.05. The average molecular weight is 458 g/mol. The average Bonchev–Trinajstić information content (AvgIpc) is 2.73. The molecule has 0 aliphatic carbocycles. The molecule has 32 heavy (non-hydrogen) atoms. The van der Waals surface area contributed by atoms with Gasteiger partial charge in [0.05, 0.1) is 13.3 Å². The van der Waals surface area contributed by atoms with E-state index in [2.05, 4.69) is 29.7 Å². The lowest BCUT2D eigenvalue weighted by Gasteiger charge is -2.19. The highest BCUT2D eigenvalue weighted by molar-refractivity contribution is 6.30. The zero-order chi connectivity index (χ0) is 23.8. The van der Waals surface area contributed by atoms with E-state index in [-0.39, 0.29) is 23.7 Å². The van der Waals surface area contributed by atoms with Crippen molar-refractivity contribution in [3.05, 3.63) is 63.7 Å². The van der Waals surface area contributed by atoms with E-state index >= 15 is 0 Å². The van der Waals surface area contributed by atoms with E-state index in [1.807, 2.05) is 32.9 Å². The summed E-state index contributed by atoms with van der Waals surface area (Å²) in [7, 11) is 1.65. The van der Waals surface area contributed by atoms with Crippen LogP contribution in [0.5, 0.6) is 5.75 Å². The minimum Gasteiger partial charge on any atom is -0.496 e. The van der Waals surface area contributed by atoms with Gasteiger partial charge in [-0.1, -0.05) is 39.3 Å². The Morgan fingerprint density at radius 2 is 1.78 bits per heavy atom. The number of rotatable bonds is 9. The first-order valence-corrected chi connectivity index (χ1v) is 11.1. The van der Waals surface area contributed by atoms with E-state index in [1.54, 1.807) is 37.6 Å². The summed E-state index contributed by atoms with van der Waals surface area (Å²) in [4.78, 5) is 25.3. The number of benzene rings is 2. The van der Waals surface area contributed by atoms with Crippen LogP contribution in [0.15, 0.2) is 41.5 Å². The lowest BCUT2D eigenvalue weighted by atomic mass is 9.97. The molecule has 0 radical (unpaired) electrons. The molecule has 0 bridgehead atoms. The summed E-state index contributed by atoms with van der Waals surface area (Å²) in [6, 6.07) is 9.80. The van der Waals surface area contributed by atoms with Crippen molar-refractivity contribution in [2.45, 2.75) is 53.0 Å². The Morgan fingerprint density at radius 3 is 2.34 bits per heavy atom. The smallest absolute Gasteiger partial charge is 0.262 e. The van der Waals surface area contributed by atoms with Crippen LogP contribution in [0.25, 0.3) is 0 Å². The van der Waals surface area contributed by atoms with Crippen LogP contribution in [0, 0.1) is 12.8 Å². The number of amides is 2. The van der Waals surface area contributed by atoms with Gasteiger partial charge in [-0.2, -0.15) is 5.10 Å². The molecule has 2 aromatic rings. The highest BCUT2D eigenvalue weighted by Crippen LogP contribution is 2.29. The van der Waals surface area contributed by atoms with Crippen LogP contribution >= 0.6 is 11.6 Å². The maximum atomic E-state index is 12.8. The van der Waals surface area contributed by atoms with Gasteiger partial charge in [0.1, 0.15) is 11.8 Å². The SMILES string of the molecule is COc1cc(C)c(C=NNC(=O)C(CC(C)C)NC(=O)c2ccc(Cl)cc2)cc1C(C)C. The van der Waals surface area contributed by atoms with E-state index in [1.165, 1.54) is 0 Å². The van der Waals surface area contributed by atoms with E-state index in [0.717, 1.165) is 22.4 Å². The number of hydrogen-bond donors (Lipinski definition) is 2. The Hall–Kier alpha value is -2.86. The number of nitrogens with zero attached hydrogens (tertiary/aromatic N) is 1. The molecule has 2 N–H and O–H groups in total. The van der Waals surface area contributed by atoms with Crippen LogP contribution < -0.4 is 15.5 Å². The van der Waals surface area contributed by atoms with Crippen molar-refractivity contribution in [2.24, 2.45) is 11.0 Å². The third kappa shape index (κ3) is 7.09. The fraction of sp³-hybridized carbons (Fsp3) is 0.400. The minimum absolute atomic E-state index is 0.206. The molecule has 1 unspecified atom stereocenters. The number of nitrogens with one attached hydrogen (secondary N) is 2. The van der Waals surface area contributed by atoms with Gasteiger partial charge in [-0.05, 0) is 78.3 Å². The van der Waals surface area contributed by atoms with Gasteiger partial charge in [0.25, 0.3) is 11.8 Å². The van der Waals surface area contributed by atoms with Gasteiger partial charge < -0.3 is 10.1 Å². The Morgan fingerprint density at radius 1 is 1.12 bits per heavy atom. The highest BCUT2D eigenvalue weighted by Gasteiger charge is 2.22. The molecule has 0 spiro atoms. The maximum absolute atomic E-state index is 12.8. The number of halogens is 1. The van der Waals surface area contributed by atoms with Crippen LogP contribution in [0.2, 0.25) is 5.02 Å². The summed E-state index contributed by atoms with van der Waals surface area (Å²) >= 11 is 5.89. The van der Waals surface area contributed by atoms with Crippen molar-refractivity contribution in [2.75, 3.05) is 7.11 Å². The topological polar surface area (TPSA) is 79.8 Å². The number of hydrazone groups is 1. The standard InChI is InChI=1S/C25H32ClN3O3/c1-15(2)11-22(28-24(30)18-7-9-20(26)10-8-18)25(31)29-27-14-19-13-21(16(3)4)23(32-6)12-17(19)5/h7-10,12-16,22H,11H2,1-6H3,(H,28,30)(H,29,31). The molecule has 0 aromatic heterocycles. The van der Waals surface area contributed by atoms with Gasteiger partial charge in [0.2, 0.25) is 0 Å². The van der Waals surface area contributed by atoms with Crippen LogP contribution in [-0.4, -0.2) is 31.2 Å². The monoisotopic (exact) mass is 457 g/mol. The first kappa shape index (κ1) is 25.4. The zero-order valence-electron chi connectivity index (χ0n) is 19.5. The van der Waals surface area contributed by atoms with E-state index < -0.39 is 6.04 Å². The van der Waals surface area contributed by atoms with E-state index in [4.69, 9.17) is 16.3 Å². The predicted molar refractivity (Wildman–Crippen MR) is 130 cm³/mol. The third-order valence-corrected chi connectivity index (χ3v) is 5.31. The van der Waals surface area contributed by atoms with Gasteiger partial charge in [0, 0.05) is 10.6 Å². The van der Waals surface area contributed by atoms with E-state index in [9.17, 15) is 9.59 Å². The van der Waals surface area contributed by atoms with Crippen LogP contribution in [-0.2, 0) is 4.79 Å². The lowest BCUT2D eigenvalue weighted by molar-refractivity contribution is -0.123. The summed E-state index contributed by atoms with van der Waals surface area (Å²) in [5.41, 5.74) is 5.95. The fourth-order valence-corrected chi connectivity index (χ4v) is 3.40. The number of aryl methyl sites for hydroxylation is 1. The molecular formula is C25H32ClN3O3. The molecule has 2 amide bonds. The van der Waals surface area contributed by atoms with Crippen molar-refractivity contribution in [3.63, 3.8) is 0 Å². The zero-order valence-corrected chi connectivity index (χ0v) is 20.3. The molecule has 0 saturated carbocycles. The Labute approximate surface area is 195 Å². The molecule has 6 nitrogen and oxygen atoms in total. The van der Waals surface area contributed by atoms with Crippen LogP contribution in [0.4, 0.5) is 0 Å². The van der Waals surface area contributed by atoms with Gasteiger partial charge in [-0.25, -0.2) is 5.43 Å². The van der Waals surface area contributed by atoms with Gasteiger partial charge in [0.15, 0.2) is 0 Å². The fourth-order valence-electron chi connectivity index (χ4n) is 3.27. The summed E-state index contributed by atoms with van der Waals surface area (Å²) in [6.45, 7) is 10.1.